The minimum absolute atomic E-state index is 0.0106. The molecule has 1 unspecified atom stereocenters. The van der Waals surface area contributed by atoms with E-state index in [9.17, 15) is 9.59 Å². The third-order valence-corrected chi connectivity index (χ3v) is 6.70. The quantitative estimate of drug-likeness (QED) is 0.711. The molecule has 0 bridgehead atoms. The first-order chi connectivity index (χ1) is 15.0. The normalized spacial score (nSPS) is 19.3. The second-order valence-corrected chi connectivity index (χ2v) is 8.63. The number of aryl methyl sites for hydroxylation is 1. The number of likely N-dealkylation sites (N-methyl/N-ethyl adjacent to an activating group) is 1. The van der Waals surface area contributed by atoms with Crippen molar-refractivity contribution in [1.82, 2.24) is 19.7 Å². The zero-order chi connectivity index (χ0) is 21.5. The Hall–Kier alpha value is -3.12. The van der Waals surface area contributed by atoms with Crippen molar-refractivity contribution in [2.75, 3.05) is 39.8 Å². The smallest absolute Gasteiger partial charge is 0.255 e. The van der Waals surface area contributed by atoms with Gasteiger partial charge in [0.05, 0.1) is 6.04 Å². The Morgan fingerprint density at radius 3 is 2.55 bits per heavy atom. The van der Waals surface area contributed by atoms with Crippen molar-refractivity contribution in [3.63, 3.8) is 0 Å². The molecule has 0 aliphatic carbocycles. The van der Waals surface area contributed by atoms with E-state index in [0.29, 0.717) is 13.0 Å². The number of aromatic nitrogens is 1. The predicted molar refractivity (Wildman–Crippen MR) is 121 cm³/mol. The molecule has 160 valence electrons. The van der Waals surface area contributed by atoms with Gasteiger partial charge in [0.25, 0.3) is 5.91 Å². The summed E-state index contributed by atoms with van der Waals surface area (Å²) in [6.45, 7) is 5.80. The monoisotopic (exact) mass is 416 g/mol. The molecule has 31 heavy (non-hydrogen) atoms. The Morgan fingerprint density at radius 1 is 1.03 bits per heavy atom. The van der Waals surface area contributed by atoms with Gasteiger partial charge in [0, 0.05) is 66.9 Å². The third-order valence-electron chi connectivity index (χ3n) is 6.70. The number of rotatable bonds is 4. The topological polar surface area (TPSA) is 59.7 Å². The minimum Gasteiger partial charge on any atom is -0.358 e. The van der Waals surface area contributed by atoms with E-state index >= 15 is 0 Å². The Morgan fingerprint density at radius 2 is 1.74 bits per heavy atom. The molecule has 2 aliphatic rings. The second-order valence-electron chi connectivity index (χ2n) is 8.63. The van der Waals surface area contributed by atoms with E-state index in [2.05, 4.69) is 36.0 Å². The number of aromatic amines is 1. The molecule has 1 fully saturated rings. The lowest BCUT2D eigenvalue weighted by Gasteiger charge is -2.33. The molecule has 0 radical (unpaired) electrons. The average Bonchev–Trinajstić information content (AvgIpc) is 3.25. The third kappa shape index (κ3) is 3.41. The number of hydrogen-bond acceptors (Lipinski definition) is 3. The van der Waals surface area contributed by atoms with Gasteiger partial charge in [-0.25, -0.2) is 0 Å². The Labute approximate surface area is 182 Å². The summed E-state index contributed by atoms with van der Waals surface area (Å²) in [7, 11) is 2.08. The van der Waals surface area contributed by atoms with Crippen molar-refractivity contribution in [2.24, 2.45) is 0 Å². The van der Waals surface area contributed by atoms with E-state index in [-0.39, 0.29) is 17.9 Å². The van der Waals surface area contributed by atoms with Crippen LogP contribution in [0.25, 0.3) is 10.9 Å². The summed E-state index contributed by atoms with van der Waals surface area (Å²) in [6, 6.07) is 15.9. The summed E-state index contributed by atoms with van der Waals surface area (Å²) in [4.78, 5) is 35.8. The molecule has 2 aromatic carbocycles. The number of fused-ring (bicyclic) bond motifs is 2. The number of amides is 2. The zero-order valence-electron chi connectivity index (χ0n) is 18.1. The Bertz CT molecular complexity index is 1140. The van der Waals surface area contributed by atoms with Crippen molar-refractivity contribution in [2.45, 2.75) is 19.4 Å². The minimum atomic E-state index is -0.180. The van der Waals surface area contributed by atoms with Gasteiger partial charge in [-0.1, -0.05) is 36.4 Å². The molecule has 1 N–H and O–H groups in total. The molecule has 5 rings (SSSR count). The Balaban J connectivity index is 1.46. The highest BCUT2D eigenvalue weighted by Gasteiger charge is 2.39. The van der Waals surface area contributed by atoms with Crippen molar-refractivity contribution in [1.29, 1.82) is 0 Å². The highest BCUT2D eigenvalue weighted by molar-refractivity contribution is 6.01. The van der Waals surface area contributed by atoms with E-state index in [4.69, 9.17) is 0 Å². The molecule has 6 heteroatoms. The number of nitrogens with zero attached hydrogens (tertiary/aromatic N) is 3. The number of H-pyrrole nitrogens is 1. The largest absolute Gasteiger partial charge is 0.358 e. The van der Waals surface area contributed by atoms with Crippen LogP contribution in [0, 0.1) is 6.92 Å². The number of carbonyl (C=O) groups is 2. The van der Waals surface area contributed by atoms with Crippen molar-refractivity contribution in [3.05, 3.63) is 70.9 Å². The molecular formula is C25H28N4O2. The SMILES string of the molecule is Cc1[nH]c2ccccc2c1C1c2ccccc2C(=O)N1CCC(=O)N1CCN(C)CC1. The summed E-state index contributed by atoms with van der Waals surface area (Å²) >= 11 is 0. The lowest BCUT2D eigenvalue weighted by atomic mass is 9.95. The highest BCUT2D eigenvalue weighted by Crippen LogP contribution is 2.42. The molecule has 2 amide bonds. The van der Waals surface area contributed by atoms with E-state index in [1.54, 1.807) is 0 Å². The fourth-order valence-corrected chi connectivity index (χ4v) is 4.99. The molecule has 1 atom stereocenters. The fraction of sp³-hybridized carbons (Fsp3) is 0.360. The number of carbonyl (C=O) groups excluding carboxylic acids is 2. The van der Waals surface area contributed by atoms with Gasteiger partial charge in [-0.05, 0) is 31.7 Å². The van der Waals surface area contributed by atoms with Crippen LogP contribution in [0.3, 0.4) is 0 Å². The van der Waals surface area contributed by atoms with Crippen LogP contribution in [-0.2, 0) is 4.79 Å². The number of hydrogen-bond donors (Lipinski definition) is 1. The first-order valence-electron chi connectivity index (χ1n) is 11.0. The van der Waals surface area contributed by atoms with Gasteiger partial charge >= 0.3 is 0 Å². The highest BCUT2D eigenvalue weighted by atomic mass is 16.2. The van der Waals surface area contributed by atoms with Crippen molar-refractivity contribution < 1.29 is 9.59 Å². The lowest BCUT2D eigenvalue weighted by molar-refractivity contribution is -0.133. The van der Waals surface area contributed by atoms with Crippen LogP contribution in [0.5, 0.6) is 0 Å². The summed E-state index contributed by atoms with van der Waals surface area (Å²) < 4.78 is 0. The molecule has 1 aromatic heterocycles. The number of para-hydroxylation sites is 1. The molecule has 3 aromatic rings. The van der Waals surface area contributed by atoms with Crippen LogP contribution in [0.2, 0.25) is 0 Å². The zero-order valence-corrected chi connectivity index (χ0v) is 18.1. The number of piperazine rings is 1. The fourth-order valence-electron chi connectivity index (χ4n) is 4.99. The van der Waals surface area contributed by atoms with Crippen LogP contribution in [0.15, 0.2) is 48.5 Å². The van der Waals surface area contributed by atoms with Gasteiger partial charge in [-0.3, -0.25) is 9.59 Å². The number of nitrogens with one attached hydrogen (secondary N) is 1. The van der Waals surface area contributed by atoms with Gasteiger partial charge in [0.1, 0.15) is 0 Å². The summed E-state index contributed by atoms with van der Waals surface area (Å²) in [5, 5.41) is 1.13. The maximum atomic E-state index is 13.4. The molecule has 1 saturated heterocycles. The summed E-state index contributed by atoms with van der Waals surface area (Å²) in [5.74, 6) is 0.141. The molecule has 2 aliphatic heterocycles. The average molecular weight is 417 g/mol. The molecule has 3 heterocycles. The van der Waals surface area contributed by atoms with Gasteiger partial charge in [0.2, 0.25) is 5.91 Å². The summed E-state index contributed by atoms with van der Waals surface area (Å²) in [5.41, 5.74) is 5.02. The van der Waals surface area contributed by atoms with Crippen LogP contribution in [0.1, 0.15) is 39.6 Å². The molecular weight excluding hydrogens is 388 g/mol. The number of benzene rings is 2. The van der Waals surface area contributed by atoms with Gasteiger partial charge in [-0.2, -0.15) is 0 Å². The van der Waals surface area contributed by atoms with E-state index in [1.807, 2.05) is 46.2 Å². The van der Waals surface area contributed by atoms with E-state index in [1.165, 1.54) is 0 Å². The Kier molecular flexibility index (Phi) is 5.02. The van der Waals surface area contributed by atoms with Crippen LogP contribution >= 0.6 is 0 Å². The maximum absolute atomic E-state index is 13.4. The van der Waals surface area contributed by atoms with Gasteiger partial charge < -0.3 is 19.7 Å². The maximum Gasteiger partial charge on any atom is 0.255 e. The molecule has 6 nitrogen and oxygen atoms in total. The first-order valence-corrected chi connectivity index (χ1v) is 11.0. The van der Waals surface area contributed by atoms with E-state index < -0.39 is 0 Å². The van der Waals surface area contributed by atoms with Gasteiger partial charge in [-0.15, -0.1) is 0 Å². The van der Waals surface area contributed by atoms with Gasteiger partial charge in [0.15, 0.2) is 0 Å². The van der Waals surface area contributed by atoms with Crippen molar-refractivity contribution >= 4 is 22.7 Å². The van der Waals surface area contributed by atoms with Crippen LogP contribution < -0.4 is 0 Å². The standard InChI is InChI=1S/C25H28N4O2/c1-17-23(20-9-5-6-10-21(20)26-17)24-18-7-3-4-8-19(18)25(31)29(24)12-11-22(30)28-15-13-27(2)14-16-28/h3-10,24,26H,11-16H2,1-2H3. The molecule has 0 spiro atoms. The second kappa shape index (κ2) is 7.85. The van der Waals surface area contributed by atoms with Crippen LogP contribution in [0.4, 0.5) is 0 Å². The van der Waals surface area contributed by atoms with Crippen LogP contribution in [-0.4, -0.2) is 71.3 Å². The first kappa shape index (κ1) is 19.8. The lowest BCUT2D eigenvalue weighted by Crippen LogP contribution is -2.47. The predicted octanol–water partition coefficient (Wildman–Crippen LogP) is 3.19. The van der Waals surface area contributed by atoms with Crippen molar-refractivity contribution in [3.8, 4) is 0 Å². The summed E-state index contributed by atoms with van der Waals surface area (Å²) in [6.07, 6.45) is 0.349. The molecule has 0 saturated carbocycles. The van der Waals surface area contributed by atoms with E-state index in [0.717, 1.165) is 59.5 Å².